The molecule has 176 valence electrons. The van der Waals surface area contributed by atoms with Crippen LogP contribution in [0.25, 0.3) is 6.08 Å². The van der Waals surface area contributed by atoms with Crippen LogP contribution in [0.2, 0.25) is 0 Å². The summed E-state index contributed by atoms with van der Waals surface area (Å²) in [5, 5.41) is 8.14. The second kappa shape index (κ2) is 12.3. The van der Waals surface area contributed by atoms with Crippen molar-refractivity contribution < 1.29 is 23.9 Å². The number of ether oxygens (including phenoxy) is 2. The smallest absolute Gasteiger partial charge is 0.407 e. The molecule has 3 N–H and O–H groups in total. The first kappa shape index (κ1) is 25.5. The van der Waals surface area contributed by atoms with E-state index in [9.17, 15) is 14.4 Å². The van der Waals surface area contributed by atoms with Crippen molar-refractivity contribution in [1.82, 2.24) is 10.6 Å². The number of hydrogen-bond acceptors (Lipinski definition) is 5. The monoisotopic (exact) mass is 453 g/mol. The maximum absolute atomic E-state index is 12.1. The lowest BCUT2D eigenvalue weighted by molar-refractivity contribution is -0.117. The van der Waals surface area contributed by atoms with E-state index in [1.165, 1.54) is 6.08 Å². The molecule has 3 amide bonds. The highest BCUT2D eigenvalue weighted by molar-refractivity contribution is 5.92. The van der Waals surface area contributed by atoms with E-state index in [0.29, 0.717) is 12.2 Å². The molecule has 0 radical (unpaired) electrons. The molecule has 0 bridgehead atoms. The van der Waals surface area contributed by atoms with Gasteiger partial charge in [-0.2, -0.15) is 0 Å². The SMILES string of the molecule is COc1ccc(/C=C/C(=O)NCc2cccc(NC(=O)CCNC(=O)OC(C)(C)C)c2)cc1. The summed E-state index contributed by atoms with van der Waals surface area (Å²) >= 11 is 0. The minimum absolute atomic E-state index is 0.108. The lowest BCUT2D eigenvalue weighted by Crippen LogP contribution is -2.34. The standard InChI is InChI=1S/C25H31N3O5/c1-25(2,3)33-24(31)26-15-14-23(30)28-20-7-5-6-19(16-20)17-27-22(29)13-10-18-8-11-21(32-4)12-9-18/h5-13,16H,14-15,17H2,1-4H3,(H,26,31)(H,27,29)(H,28,30)/b13-10+. The molecule has 8 nitrogen and oxygen atoms in total. The van der Waals surface area contributed by atoms with Gasteiger partial charge in [-0.1, -0.05) is 24.3 Å². The van der Waals surface area contributed by atoms with Crippen LogP contribution in [0.1, 0.15) is 38.3 Å². The highest BCUT2D eigenvalue weighted by atomic mass is 16.6. The molecule has 33 heavy (non-hydrogen) atoms. The molecular weight excluding hydrogens is 422 g/mol. The van der Waals surface area contributed by atoms with Gasteiger partial charge < -0.3 is 25.4 Å². The van der Waals surface area contributed by atoms with Gasteiger partial charge in [-0.3, -0.25) is 9.59 Å². The van der Waals surface area contributed by atoms with E-state index in [4.69, 9.17) is 9.47 Å². The van der Waals surface area contributed by atoms with Crippen LogP contribution in [-0.4, -0.2) is 37.2 Å². The molecule has 0 heterocycles. The van der Waals surface area contributed by atoms with Gasteiger partial charge >= 0.3 is 6.09 Å². The summed E-state index contributed by atoms with van der Waals surface area (Å²) in [6.45, 7) is 5.79. The fourth-order valence-corrected chi connectivity index (χ4v) is 2.71. The lowest BCUT2D eigenvalue weighted by Gasteiger charge is -2.19. The van der Waals surface area contributed by atoms with E-state index < -0.39 is 11.7 Å². The molecule has 0 spiro atoms. The molecule has 0 atom stereocenters. The van der Waals surface area contributed by atoms with E-state index in [2.05, 4.69) is 16.0 Å². The first-order valence-electron chi connectivity index (χ1n) is 10.6. The molecule has 0 saturated heterocycles. The van der Waals surface area contributed by atoms with Gasteiger partial charge in [0.2, 0.25) is 11.8 Å². The zero-order valence-electron chi connectivity index (χ0n) is 19.4. The van der Waals surface area contributed by atoms with Gasteiger partial charge in [-0.25, -0.2) is 4.79 Å². The molecule has 0 aromatic heterocycles. The Morgan fingerprint density at radius 3 is 2.39 bits per heavy atom. The third-order valence-corrected chi connectivity index (χ3v) is 4.24. The average molecular weight is 454 g/mol. The van der Waals surface area contributed by atoms with Crippen molar-refractivity contribution in [2.24, 2.45) is 0 Å². The van der Waals surface area contributed by atoms with Gasteiger partial charge in [0.15, 0.2) is 0 Å². The Labute approximate surface area is 194 Å². The lowest BCUT2D eigenvalue weighted by atomic mass is 10.2. The number of nitrogens with one attached hydrogen (secondary N) is 3. The van der Waals surface area contributed by atoms with Gasteiger partial charge in [0.05, 0.1) is 7.11 Å². The van der Waals surface area contributed by atoms with Crippen molar-refractivity contribution in [3.05, 3.63) is 65.7 Å². The van der Waals surface area contributed by atoms with Gasteiger partial charge in [0, 0.05) is 31.3 Å². The molecule has 0 saturated carbocycles. The molecule has 0 aliphatic carbocycles. The number of carbonyl (C=O) groups excluding carboxylic acids is 3. The van der Waals surface area contributed by atoms with E-state index in [1.54, 1.807) is 52.2 Å². The number of rotatable bonds is 9. The number of benzene rings is 2. The molecule has 2 aromatic carbocycles. The van der Waals surface area contributed by atoms with Crippen molar-refractivity contribution in [1.29, 1.82) is 0 Å². The van der Waals surface area contributed by atoms with Crippen LogP contribution < -0.4 is 20.7 Å². The fraction of sp³-hybridized carbons (Fsp3) is 0.320. The Morgan fingerprint density at radius 1 is 1.00 bits per heavy atom. The normalized spacial score (nSPS) is 11.0. The summed E-state index contributed by atoms with van der Waals surface area (Å²) in [6.07, 6.45) is 2.73. The molecule has 0 aliphatic rings. The number of carbonyl (C=O) groups is 3. The van der Waals surface area contributed by atoms with Crippen molar-refractivity contribution >= 4 is 29.7 Å². The third kappa shape index (κ3) is 10.4. The molecule has 8 heteroatoms. The first-order valence-corrected chi connectivity index (χ1v) is 10.6. The van der Waals surface area contributed by atoms with Crippen molar-refractivity contribution in [2.45, 2.75) is 39.3 Å². The molecular formula is C25H31N3O5. The van der Waals surface area contributed by atoms with Gasteiger partial charge in [0.1, 0.15) is 11.4 Å². The van der Waals surface area contributed by atoms with Crippen molar-refractivity contribution in [3.8, 4) is 5.75 Å². The van der Waals surface area contributed by atoms with E-state index in [0.717, 1.165) is 16.9 Å². The van der Waals surface area contributed by atoms with Crippen LogP contribution in [0, 0.1) is 0 Å². The van der Waals surface area contributed by atoms with Crippen LogP contribution in [0.4, 0.5) is 10.5 Å². The van der Waals surface area contributed by atoms with Crippen LogP contribution >= 0.6 is 0 Å². The maximum Gasteiger partial charge on any atom is 0.407 e. The largest absolute Gasteiger partial charge is 0.497 e. The summed E-state index contributed by atoms with van der Waals surface area (Å²) in [6, 6.07) is 14.6. The predicted octanol–water partition coefficient (Wildman–Crippen LogP) is 3.88. The maximum atomic E-state index is 12.1. The number of amides is 3. The topological polar surface area (TPSA) is 106 Å². The Balaban J connectivity index is 1.76. The summed E-state index contributed by atoms with van der Waals surface area (Å²) < 4.78 is 10.2. The fourth-order valence-electron chi connectivity index (χ4n) is 2.71. The second-order valence-corrected chi connectivity index (χ2v) is 8.25. The number of anilines is 1. The summed E-state index contributed by atoms with van der Waals surface area (Å²) in [7, 11) is 1.60. The highest BCUT2D eigenvalue weighted by Gasteiger charge is 2.15. The van der Waals surface area contributed by atoms with Crippen LogP contribution in [-0.2, 0) is 20.9 Å². The van der Waals surface area contributed by atoms with Crippen molar-refractivity contribution in [2.75, 3.05) is 19.0 Å². The quantitative estimate of drug-likeness (QED) is 0.500. The summed E-state index contributed by atoms with van der Waals surface area (Å²) in [4.78, 5) is 35.8. The second-order valence-electron chi connectivity index (χ2n) is 8.25. The van der Waals surface area contributed by atoms with Gasteiger partial charge in [-0.15, -0.1) is 0 Å². The number of methoxy groups -OCH3 is 1. The Kier molecular flexibility index (Phi) is 9.47. The van der Waals surface area contributed by atoms with E-state index in [-0.39, 0.29) is 24.8 Å². The molecule has 0 unspecified atom stereocenters. The summed E-state index contributed by atoms with van der Waals surface area (Å²) in [5.74, 6) is 0.283. The van der Waals surface area contributed by atoms with Gasteiger partial charge in [-0.05, 0) is 62.2 Å². The minimum atomic E-state index is -0.590. The third-order valence-electron chi connectivity index (χ3n) is 4.24. The molecule has 2 aromatic rings. The predicted molar refractivity (Wildman–Crippen MR) is 128 cm³/mol. The first-order chi connectivity index (χ1) is 15.6. The Morgan fingerprint density at radius 2 is 1.73 bits per heavy atom. The van der Waals surface area contributed by atoms with Crippen LogP contribution in [0.5, 0.6) is 5.75 Å². The summed E-state index contributed by atoms with van der Waals surface area (Å²) in [5.41, 5.74) is 1.74. The van der Waals surface area contributed by atoms with Crippen molar-refractivity contribution in [3.63, 3.8) is 0 Å². The number of alkyl carbamates (subject to hydrolysis) is 1. The molecule has 2 rings (SSSR count). The Bertz CT molecular complexity index is 978. The molecule has 0 aliphatic heterocycles. The Hall–Kier alpha value is -3.81. The van der Waals surface area contributed by atoms with E-state index >= 15 is 0 Å². The van der Waals surface area contributed by atoms with Gasteiger partial charge in [0.25, 0.3) is 0 Å². The van der Waals surface area contributed by atoms with E-state index in [1.807, 2.05) is 30.3 Å². The highest BCUT2D eigenvalue weighted by Crippen LogP contribution is 2.13. The van der Waals surface area contributed by atoms with Crippen LogP contribution in [0.3, 0.4) is 0 Å². The van der Waals surface area contributed by atoms with Crippen LogP contribution in [0.15, 0.2) is 54.6 Å². The number of hydrogen-bond donors (Lipinski definition) is 3. The zero-order chi connectivity index (χ0) is 24.3. The minimum Gasteiger partial charge on any atom is -0.497 e. The molecule has 0 fully saturated rings. The zero-order valence-corrected chi connectivity index (χ0v) is 19.4. The average Bonchev–Trinajstić information content (AvgIpc) is 2.75.